The molecule has 0 radical (unpaired) electrons. The standard InChI is InChI=1S/C5H14O2Si2/c1-8-6-4-5-9(2,3)7-8/h8H,4-5H2,1-3H3. The van der Waals surface area contributed by atoms with Gasteiger partial charge in [0, 0.05) is 6.61 Å². The number of rotatable bonds is 0. The van der Waals surface area contributed by atoms with E-state index in [9.17, 15) is 0 Å². The smallest absolute Gasteiger partial charge is 0.307 e. The summed E-state index contributed by atoms with van der Waals surface area (Å²) in [5.41, 5.74) is 0. The Morgan fingerprint density at radius 1 is 1.44 bits per heavy atom. The third-order valence-electron chi connectivity index (χ3n) is 1.54. The SMILES string of the molecule is C[SiH]1OCC[Si](C)(C)O1. The molecule has 1 rings (SSSR count). The van der Waals surface area contributed by atoms with Crippen molar-refractivity contribution in [2.75, 3.05) is 6.61 Å². The second-order valence-corrected chi connectivity index (χ2v) is 9.50. The summed E-state index contributed by atoms with van der Waals surface area (Å²) in [5, 5.41) is 0. The van der Waals surface area contributed by atoms with E-state index >= 15 is 0 Å². The first-order chi connectivity index (χ1) is 4.10. The van der Waals surface area contributed by atoms with Crippen molar-refractivity contribution in [2.45, 2.75) is 25.7 Å². The zero-order valence-electron chi connectivity index (χ0n) is 6.31. The molecule has 1 heterocycles. The zero-order chi connectivity index (χ0) is 6.91. The normalized spacial score (nSPS) is 34.3. The highest BCUT2D eigenvalue weighted by molar-refractivity contribution is 6.77. The molecule has 1 unspecified atom stereocenters. The van der Waals surface area contributed by atoms with Gasteiger partial charge in [-0.15, -0.1) is 0 Å². The molecule has 0 saturated carbocycles. The predicted octanol–water partition coefficient (Wildman–Crippen LogP) is 1.09. The van der Waals surface area contributed by atoms with Crippen LogP contribution in [0.25, 0.3) is 0 Å². The minimum atomic E-state index is -1.22. The quantitative estimate of drug-likeness (QED) is 0.496. The van der Waals surface area contributed by atoms with Gasteiger partial charge in [0.15, 0.2) is 8.32 Å². The molecule has 1 saturated heterocycles. The van der Waals surface area contributed by atoms with Gasteiger partial charge in [-0.1, -0.05) is 0 Å². The highest BCUT2D eigenvalue weighted by Crippen LogP contribution is 2.17. The van der Waals surface area contributed by atoms with Crippen LogP contribution in [0.5, 0.6) is 0 Å². The second-order valence-electron chi connectivity index (χ2n) is 3.07. The molecule has 0 N–H and O–H groups in total. The van der Waals surface area contributed by atoms with Crippen LogP contribution < -0.4 is 0 Å². The summed E-state index contributed by atoms with van der Waals surface area (Å²) < 4.78 is 11.1. The van der Waals surface area contributed by atoms with Crippen LogP contribution >= 0.6 is 0 Å². The summed E-state index contributed by atoms with van der Waals surface area (Å²) in [6.45, 7) is 7.58. The van der Waals surface area contributed by atoms with Crippen molar-refractivity contribution < 1.29 is 8.54 Å². The van der Waals surface area contributed by atoms with Crippen molar-refractivity contribution in [3.8, 4) is 0 Å². The summed E-state index contributed by atoms with van der Waals surface area (Å²) in [6, 6.07) is 1.17. The lowest BCUT2D eigenvalue weighted by molar-refractivity contribution is 0.254. The first kappa shape index (κ1) is 7.46. The molecule has 0 bridgehead atoms. The van der Waals surface area contributed by atoms with Gasteiger partial charge >= 0.3 is 9.28 Å². The van der Waals surface area contributed by atoms with Crippen LogP contribution in [0.2, 0.25) is 25.7 Å². The van der Waals surface area contributed by atoms with E-state index < -0.39 is 17.6 Å². The minimum Gasteiger partial charge on any atom is -0.438 e. The summed E-state index contributed by atoms with van der Waals surface area (Å²) in [7, 11) is -2.37. The highest BCUT2D eigenvalue weighted by Gasteiger charge is 2.29. The molecule has 1 atom stereocenters. The van der Waals surface area contributed by atoms with Gasteiger partial charge in [-0.3, -0.25) is 0 Å². The van der Waals surface area contributed by atoms with Gasteiger partial charge in [0.05, 0.1) is 0 Å². The Morgan fingerprint density at radius 3 is 2.44 bits per heavy atom. The summed E-state index contributed by atoms with van der Waals surface area (Å²) in [5.74, 6) is 0. The van der Waals surface area contributed by atoms with Crippen LogP contribution in [-0.2, 0) is 8.54 Å². The average Bonchev–Trinajstić information content (AvgIpc) is 1.60. The molecule has 1 aliphatic rings. The molecule has 0 aromatic rings. The molecular formula is C5H14O2Si2. The van der Waals surface area contributed by atoms with Crippen LogP contribution in [-0.4, -0.2) is 24.2 Å². The first-order valence-corrected chi connectivity index (χ1v) is 8.61. The van der Waals surface area contributed by atoms with Crippen molar-refractivity contribution in [1.82, 2.24) is 0 Å². The van der Waals surface area contributed by atoms with Crippen molar-refractivity contribution in [2.24, 2.45) is 0 Å². The lowest BCUT2D eigenvalue weighted by atomic mass is 10.9. The molecule has 2 nitrogen and oxygen atoms in total. The molecule has 0 spiro atoms. The zero-order valence-corrected chi connectivity index (χ0v) is 8.46. The topological polar surface area (TPSA) is 18.5 Å². The third kappa shape index (κ3) is 2.21. The molecule has 4 heteroatoms. The van der Waals surface area contributed by atoms with Crippen LogP contribution in [0.3, 0.4) is 0 Å². The fraction of sp³-hybridized carbons (Fsp3) is 1.00. The van der Waals surface area contributed by atoms with Crippen molar-refractivity contribution >= 4 is 17.6 Å². The van der Waals surface area contributed by atoms with Gasteiger partial charge in [0.2, 0.25) is 0 Å². The van der Waals surface area contributed by atoms with Gasteiger partial charge in [-0.25, -0.2) is 0 Å². The minimum absolute atomic E-state index is 0.951. The monoisotopic (exact) mass is 162 g/mol. The second kappa shape index (κ2) is 2.53. The fourth-order valence-corrected chi connectivity index (χ4v) is 6.65. The van der Waals surface area contributed by atoms with Crippen molar-refractivity contribution in [3.63, 3.8) is 0 Å². The van der Waals surface area contributed by atoms with Crippen LogP contribution in [0.4, 0.5) is 0 Å². The summed E-state index contributed by atoms with van der Waals surface area (Å²) in [6.07, 6.45) is 0. The Hall–Kier alpha value is 0.354. The Bertz CT molecular complexity index is 105. The Labute approximate surface area is 59.1 Å². The highest BCUT2D eigenvalue weighted by atomic mass is 28.4. The lowest BCUT2D eigenvalue weighted by Crippen LogP contribution is -2.43. The van der Waals surface area contributed by atoms with Gasteiger partial charge in [-0.05, 0) is 25.7 Å². The Kier molecular flexibility index (Phi) is 2.10. The molecule has 1 aliphatic heterocycles. The van der Waals surface area contributed by atoms with Crippen molar-refractivity contribution in [3.05, 3.63) is 0 Å². The first-order valence-electron chi connectivity index (χ1n) is 3.40. The van der Waals surface area contributed by atoms with E-state index in [0.29, 0.717) is 0 Å². The van der Waals surface area contributed by atoms with E-state index in [4.69, 9.17) is 8.54 Å². The maximum atomic E-state index is 5.73. The van der Waals surface area contributed by atoms with Crippen LogP contribution in [0.1, 0.15) is 0 Å². The van der Waals surface area contributed by atoms with E-state index in [2.05, 4.69) is 19.6 Å². The van der Waals surface area contributed by atoms with Crippen LogP contribution in [0.15, 0.2) is 0 Å². The Morgan fingerprint density at radius 2 is 2.11 bits per heavy atom. The Balaban J connectivity index is 2.41. The maximum absolute atomic E-state index is 5.73. The molecule has 0 aromatic carbocycles. The third-order valence-corrected chi connectivity index (χ3v) is 7.54. The van der Waals surface area contributed by atoms with Gasteiger partial charge in [0.1, 0.15) is 0 Å². The molecule has 0 aliphatic carbocycles. The van der Waals surface area contributed by atoms with E-state index in [1.54, 1.807) is 0 Å². The maximum Gasteiger partial charge on any atom is 0.307 e. The predicted molar refractivity (Wildman–Crippen MR) is 42.3 cm³/mol. The number of hydrogen-bond donors (Lipinski definition) is 0. The van der Waals surface area contributed by atoms with E-state index in [0.717, 1.165) is 6.61 Å². The fourth-order valence-electron chi connectivity index (χ4n) is 1.01. The molecule has 1 fully saturated rings. The van der Waals surface area contributed by atoms with E-state index in [-0.39, 0.29) is 0 Å². The molecular weight excluding hydrogens is 148 g/mol. The molecule has 9 heavy (non-hydrogen) atoms. The lowest BCUT2D eigenvalue weighted by Gasteiger charge is -2.32. The largest absolute Gasteiger partial charge is 0.438 e. The van der Waals surface area contributed by atoms with Crippen LogP contribution in [0, 0.1) is 0 Å². The molecule has 0 amide bonds. The van der Waals surface area contributed by atoms with Gasteiger partial charge in [0.25, 0.3) is 0 Å². The number of hydrogen-bond acceptors (Lipinski definition) is 2. The van der Waals surface area contributed by atoms with Crippen molar-refractivity contribution in [1.29, 1.82) is 0 Å². The van der Waals surface area contributed by atoms with E-state index in [1.807, 2.05) is 0 Å². The molecule has 54 valence electrons. The average molecular weight is 162 g/mol. The summed E-state index contributed by atoms with van der Waals surface area (Å²) >= 11 is 0. The molecule has 0 aromatic heterocycles. The van der Waals surface area contributed by atoms with Gasteiger partial charge < -0.3 is 8.54 Å². The van der Waals surface area contributed by atoms with Gasteiger partial charge in [-0.2, -0.15) is 0 Å². The van der Waals surface area contributed by atoms with E-state index in [1.165, 1.54) is 6.04 Å². The summed E-state index contributed by atoms with van der Waals surface area (Å²) in [4.78, 5) is 0.